The van der Waals surface area contributed by atoms with E-state index < -0.39 is 0 Å². The van der Waals surface area contributed by atoms with Crippen molar-refractivity contribution in [3.05, 3.63) is 77.1 Å². The Labute approximate surface area is 159 Å². The Hall–Kier alpha value is -3.21. The highest BCUT2D eigenvalue weighted by atomic mass is 16.1. The third-order valence-corrected chi connectivity index (χ3v) is 4.35. The molecular weight excluding hydrogens is 336 g/mol. The fraction of sp³-hybridized carbons (Fsp3) is 0.227. The number of carbonyl (C=O) groups is 1. The van der Waals surface area contributed by atoms with Crippen molar-refractivity contribution in [2.24, 2.45) is 0 Å². The summed E-state index contributed by atoms with van der Waals surface area (Å²) in [7, 11) is 0. The largest absolute Gasteiger partial charge is 0.324 e. The molecule has 0 fully saturated rings. The van der Waals surface area contributed by atoms with Gasteiger partial charge in [0.1, 0.15) is 5.69 Å². The van der Waals surface area contributed by atoms with Crippen LogP contribution in [0.15, 0.2) is 54.6 Å². The van der Waals surface area contributed by atoms with Crippen LogP contribution in [0.2, 0.25) is 0 Å². The lowest BCUT2D eigenvalue weighted by Gasteiger charge is -2.14. The average molecular weight is 360 g/mol. The molecular formula is C22H24N4O. The fourth-order valence-electron chi connectivity index (χ4n) is 2.97. The molecule has 0 aliphatic rings. The molecule has 0 saturated heterocycles. The van der Waals surface area contributed by atoms with Gasteiger partial charge in [-0.15, -0.1) is 0 Å². The van der Waals surface area contributed by atoms with E-state index >= 15 is 0 Å². The molecule has 0 atom stereocenters. The lowest BCUT2D eigenvalue weighted by Crippen LogP contribution is -2.17. The first kappa shape index (κ1) is 18.6. The van der Waals surface area contributed by atoms with Crippen LogP contribution < -0.4 is 10.6 Å². The number of carbonyl (C=O) groups excluding carboxylic acids is 1. The molecule has 0 unspecified atom stereocenters. The number of para-hydroxylation sites is 2. The number of aromatic nitrogens is 2. The van der Waals surface area contributed by atoms with E-state index in [1.807, 2.05) is 55.5 Å². The summed E-state index contributed by atoms with van der Waals surface area (Å²) in [6, 6.07) is 17.5. The van der Waals surface area contributed by atoms with Gasteiger partial charge in [0.05, 0.1) is 0 Å². The second kappa shape index (κ2) is 8.45. The van der Waals surface area contributed by atoms with Crippen LogP contribution in [0.5, 0.6) is 0 Å². The van der Waals surface area contributed by atoms with E-state index in [4.69, 9.17) is 0 Å². The average Bonchev–Trinajstić information content (AvgIpc) is 2.68. The Morgan fingerprint density at radius 1 is 0.926 bits per heavy atom. The van der Waals surface area contributed by atoms with E-state index in [1.54, 1.807) is 6.07 Å². The summed E-state index contributed by atoms with van der Waals surface area (Å²) in [6.07, 6.45) is 1.71. The molecule has 27 heavy (non-hydrogen) atoms. The van der Waals surface area contributed by atoms with Crippen molar-refractivity contribution in [1.29, 1.82) is 0 Å². The Morgan fingerprint density at radius 2 is 1.59 bits per heavy atom. The van der Waals surface area contributed by atoms with Crippen molar-refractivity contribution in [1.82, 2.24) is 9.97 Å². The first-order valence-corrected chi connectivity index (χ1v) is 9.20. The Morgan fingerprint density at radius 3 is 2.22 bits per heavy atom. The molecule has 0 aliphatic carbocycles. The second-order valence-corrected chi connectivity index (χ2v) is 6.32. The van der Waals surface area contributed by atoms with Crippen LogP contribution in [-0.2, 0) is 12.8 Å². The number of rotatable bonds is 6. The molecule has 0 aliphatic heterocycles. The highest BCUT2D eigenvalue weighted by Gasteiger charge is 2.14. The first-order chi connectivity index (χ1) is 13.1. The maximum atomic E-state index is 12.9. The van der Waals surface area contributed by atoms with Crippen molar-refractivity contribution >= 4 is 23.2 Å². The normalized spacial score (nSPS) is 10.5. The van der Waals surface area contributed by atoms with Crippen LogP contribution >= 0.6 is 0 Å². The lowest BCUT2D eigenvalue weighted by molar-refractivity contribution is 0.102. The highest BCUT2D eigenvalue weighted by Crippen LogP contribution is 2.23. The van der Waals surface area contributed by atoms with Crippen LogP contribution in [0.3, 0.4) is 0 Å². The van der Waals surface area contributed by atoms with E-state index in [0.29, 0.717) is 11.6 Å². The van der Waals surface area contributed by atoms with Gasteiger partial charge in [-0.2, -0.15) is 0 Å². The minimum Gasteiger partial charge on any atom is -0.324 e. The van der Waals surface area contributed by atoms with Crippen molar-refractivity contribution in [2.45, 2.75) is 33.6 Å². The number of aryl methyl sites for hydroxylation is 3. The van der Waals surface area contributed by atoms with Crippen LogP contribution in [0.25, 0.3) is 0 Å². The van der Waals surface area contributed by atoms with Gasteiger partial charge in [-0.05, 0) is 49.1 Å². The predicted octanol–water partition coefficient (Wildman–Crippen LogP) is 4.91. The molecule has 0 radical (unpaired) electrons. The number of nitrogens with one attached hydrogen (secondary N) is 2. The summed E-state index contributed by atoms with van der Waals surface area (Å²) in [4.78, 5) is 21.7. The Balaban J connectivity index is 1.87. The zero-order valence-corrected chi connectivity index (χ0v) is 15.9. The van der Waals surface area contributed by atoms with Gasteiger partial charge in [-0.25, -0.2) is 9.97 Å². The number of amides is 1. The van der Waals surface area contributed by atoms with Crippen molar-refractivity contribution < 1.29 is 4.79 Å². The zero-order chi connectivity index (χ0) is 19.2. The predicted molar refractivity (Wildman–Crippen MR) is 110 cm³/mol. The monoisotopic (exact) mass is 360 g/mol. The summed E-state index contributed by atoms with van der Waals surface area (Å²) in [5.74, 6) is 0.179. The standard InChI is InChI=1S/C22H24N4O/c1-4-16-10-9-11-17(5-2)20(16)26-21(27)19-14-15(3)23-22(25-19)24-18-12-7-6-8-13-18/h6-14H,4-5H2,1-3H3,(H,26,27)(H,23,24,25). The van der Waals surface area contributed by atoms with E-state index in [0.717, 1.165) is 41.0 Å². The topological polar surface area (TPSA) is 66.9 Å². The minimum atomic E-state index is -0.229. The summed E-state index contributed by atoms with van der Waals surface area (Å²) >= 11 is 0. The van der Waals surface area contributed by atoms with Gasteiger partial charge in [-0.1, -0.05) is 50.2 Å². The van der Waals surface area contributed by atoms with Gasteiger partial charge >= 0.3 is 0 Å². The lowest BCUT2D eigenvalue weighted by atomic mass is 10.0. The molecule has 0 spiro atoms. The molecule has 138 valence electrons. The van der Waals surface area contributed by atoms with Crippen LogP contribution in [-0.4, -0.2) is 15.9 Å². The van der Waals surface area contributed by atoms with Gasteiger partial charge in [0.15, 0.2) is 0 Å². The Bertz CT molecular complexity index is 916. The Kier molecular flexibility index (Phi) is 5.81. The van der Waals surface area contributed by atoms with Crippen molar-refractivity contribution in [3.8, 4) is 0 Å². The number of anilines is 3. The maximum absolute atomic E-state index is 12.9. The van der Waals surface area contributed by atoms with Gasteiger partial charge in [0, 0.05) is 17.1 Å². The van der Waals surface area contributed by atoms with E-state index in [9.17, 15) is 4.79 Å². The quantitative estimate of drug-likeness (QED) is 0.656. The van der Waals surface area contributed by atoms with E-state index in [2.05, 4.69) is 34.4 Å². The van der Waals surface area contributed by atoms with Gasteiger partial charge in [0.25, 0.3) is 5.91 Å². The summed E-state index contributed by atoms with van der Waals surface area (Å²) < 4.78 is 0. The molecule has 3 rings (SSSR count). The van der Waals surface area contributed by atoms with Gasteiger partial charge < -0.3 is 10.6 Å². The summed E-state index contributed by atoms with van der Waals surface area (Å²) in [5, 5.41) is 6.21. The number of hydrogen-bond acceptors (Lipinski definition) is 4. The van der Waals surface area contributed by atoms with E-state index in [1.165, 1.54) is 0 Å². The zero-order valence-electron chi connectivity index (χ0n) is 15.9. The number of nitrogens with zero attached hydrogens (tertiary/aromatic N) is 2. The van der Waals surface area contributed by atoms with Crippen molar-refractivity contribution in [2.75, 3.05) is 10.6 Å². The summed E-state index contributed by atoms with van der Waals surface area (Å²) in [6.45, 7) is 6.02. The van der Waals surface area contributed by atoms with Crippen molar-refractivity contribution in [3.63, 3.8) is 0 Å². The summed E-state index contributed by atoms with van der Waals surface area (Å²) in [5.41, 5.74) is 5.08. The third kappa shape index (κ3) is 4.50. The molecule has 1 heterocycles. The molecule has 5 heteroatoms. The van der Waals surface area contributed by atoms with Crippen LogP contribution in [0, 0.1) is 6.92 Å². The third-order valence-electron chi connectivity index (χ3n) is 4.35. The molecule has 2 aromatic carbocycles. The van der Waals surface area contributed by atoms with Gasteiger partial charge in [0.2, 0.25) is 5.95 Å². The van der Waals surface area contributed by atoms with Gasteiger partial charge in [-0.3, -0.25) is 4.79 Å². The molecule has 5 nitrogen and oxygen atoms in total. The number of benzene rings is 2. The maximum Gasteiger partial charge on any atom is 0.274 e. The van der Waals surface area contributed by atoms with Crippen LogP contribution in [0.1, 0.15) is 41.2 Å². The molecule has 0 saturated carbocycles. The van der Waals surface area contributed by atoms with E-state index in [-0.39, 0.29) is 5.91 Å². The molecule has 3 aromatic rings. The smallest absolute Gasteiger partial charge is 0.274 e. The SMILES string of the molecule is CCc1cccc(CC)c1NC(=O)c1cc(C)nc(Nc2ccccc2)n1. The first-order valence-electron chi connectivity index (χ1n) is 9.20. The molecule has 2 N–H and O–H groups in total. The number of hydrogen-bond donors (Lipinski definition) is 2. The highest BCUT2D eigenvalue weighted by molar-refractivity contribution is 6.04. The fourth-order valence-corrected chi connectivity index (χ4v) is 2.97. The molecule has 0 bridgehead atoms. The van der Waals surface area contributed by atoms with Crippen LogP contribution in [0.4, 0.5) is 17.3 Å². The minimum absolute atomic E-state index is 0.229. The second-order valence-electron chi connectivity index (χ2n) is 6.32. The molecule has 1 aromatic heterocycles. The molecule has 1 amide bonds.